The Labute approximate surface area is 162 Å². The predicted molar refractivity (Wildman–Crippen MR) is 104 cm³/mol. The van der Waals surface area contributed by atoms with E-state index in [0.29, 0.717) is 35.7 Å². The van der Waals surface area contributed by atoms with Gasteiger partial charge in [0.15, 0.2) is 5.78 Å². The molecule has 1 amide bonds. The molecule has 0 heterocycles. The molecular weight excluding hydrogens is 338 g/mol. The fraction of sp³-hybridized carbons (Fsp3) is 0.783. The average molecular weight is 372 g/mol. The lowest BCUT2D eigenvalue weighted by Crippen LogP contribution is -2.52. The lowest BCUT2D eigenvalue weighted by Gasteiger charge is -2.58. The maximum absolute atomic E-state index is 12.5. The first-order valence-corrected chi connectivity index (χ1v) is 10.7. The number of carbonyl (C=O) groups is 3. The molecule has 4 aliphatic rings. The molecule has 0 bridgehead atoms. The summed E-state index contributed by atoms with van der Waals surface area (Å²) in [4.78, 5) is 36.5. The minimum absolute atomic E-state index is 0.0181. The van der Waals surface area contributed by atoms with Crippen LogP contribution >= 0.6 is 0 Å². The van der Waals surface area contributed by atoms with Crippen LogP contribution in [0.25, 0.3) is 0 Å². The normalized spacial score (nSPS) is 43.6. The Morgan fingerprint density at radius 3 is 2.37 bits per heavy atom. The lowest BCUT2D eigenvalue weighted by atomic mass is 9.46. The molecule has 4 rings (SSSR count). The molecule has 4 heteroatoms. The highest BCUT2D eigenvalue weighted by molar-refractivity contribution is 6.00. The van der Waals surface area contributed by atoms with Crippen LogP contribution in [0.3, 0.4) is 0 Å². The quantitative estimate of drug-likeness (QED) is 0.792. The minimum Gasteiger partial charge on any atom is -0.323 e. The number of Topliss-reactive ketones (excluding diaryl/α,β-unsaturated/α-hetero) is 2. The Morgan fingerprint density at radius 2 is 1.70 bits per heavy atom. The van der Waals surface area contributed by atoms with Gasteiger partial charge in [-0.2, -0.15) is 0 Å². The number of carbonyl (C=O) groups excluding carboxylic acids is 3. The second-order valence-corrected chi connectivity index (χ2v) is 10.1. The Hall–Kier alpha value is -1.45. The molecular formula is C23H33NO3. The van der Waals surface area contributed by atoms with Crippen LogP contribution < -0.4 is 5.32 Å². The SMILES string of the molecule is CC(=O)NC1=C2CC[C@H]3[C@@H]4CC[C@H](C(C)=O)[C@@]4(C)CC[C@@H]3[C@@]2(C)CCC1=O. The zero-order chi connectivity index (χ0) is 19.6. The molecule has 6 atom stereocenters. The summed E-state index contributed by atoms with van der Waals surface area (Å²) >= 11 is 0. The maximum Gasteiger partial charge on any atom is 0.221 e. The molecule has 27 heavy (non-hydrogen) atoms. The van der Waals surface area contributed by atoms with Crippen LogP contribution in [0.1, 0.15) is 79.1 Å². The summed E-state index contributed by atoms with van der Waals surface area (Å²) in [6.45, 7) is 7.98. The molecule has 0 aromatic rings. The van der Waals surface area contributed by atoms with Gasteiger partial charge in [0, 0.05) is 19.3 Å². The largest absolute Gasteiger partial charge is 0.323 e. The van der Waals surface area contributed by atoms with E-state index in [0.717, 1.165) is 38.5 Å². The van der Waals surface area contributed by atoms with E-state index in [9.17, 15) is 14.4 Å². The van der Waals surface area contributed by atoms with Crippen LogP contribution in [-0.2, 0) is 14.4 Å². The Balaban J connectivity index is 1.69. The van der Waals surface area contributed by atoms with Gasteiger partial charge in [-0.25, -0.2) is 0 Å². The highest BCUT2D eigenvalue weighted by Gasteiger charge is 2.60. The number of ketones is 2. The summed E-state index contributed by atoms with van der Waals surface area (Å²) in [5, 5.41) is 2.87. The molecule has 3 saturated carbocycles. The molecule has 0 spiro atoms. The van der Waals surface area contributed by atoms with Gasteiger partial charge in [0.1, 0.15) is 5.78 Å². The van der Waals surface area contributed by atoms with Crippen molar-refractivity contribution >= 4 is 17.5 Å². The molecule has 0 aliphatic heterocycles. The highest BCUT2D eigenvalue weighted by atomic mass is 16.2. The highest BCUT2D eigenvalue weighted by Crippen LogP contribution is 2.67. The van der Waals surface area contributed by atoms with Gasteiger partial charge in [0.25, 0.3) is 0 Å². The molecule has 0 radical (unpaired) electrons. The maximum atomic E-state index is 12.5. The van der Waals surface area contributed by atoms with Crippen molar-refractivity contribution in [2.75, 3.05) is 0 Å². The van der Waals surface area contributed by atoms with Crippen molar-refractivity contribution < 1.29 is 14.4 Å². The number of amides is 1. The fourth-order valence-electron chi connectivity index (χ4n) is 7.70. The number of allylic oxidation sites excluding steroid dienone is 1. The predicted octanol–water partition coefficient (Wildman–Crippen LogP) is 4.19. The molecule has 0 unspecified atom stereocenters. The third-order valence-corrected chi connectivity index (χ3v) is 8.92. The summed E-state index contributed by atoms with van der Waals surface area (Å²) < 4.78 is 0. The van der Waals surface area contributed by atoms with Crippen LogP contribution in [0, 0.1) is 34.5 Å². The Morgan fingerprint density at radius 1 is 0.963 bits per heavy atom. The minimum atomic E-state index is -0.145. The van der Waals surface area contributed by atoms with E-state index >= 15 is 0 Å². The zero-order valence-electron chi connectivity index (χ0n) is 17.2. The Bertz CT molecular complexity index is 738. The van der Waals surface area contributed by atoms with E-state index in [2.05, 4.69) is 19.2 Å². The third kappa shape index (κ3) is 2.66. The van der Waals surface area contributed by atoms with Crippen LogP contribution in [0.5, 0.6) is 0 Å². The van der Waals surface area contributed by atoms with Gasteiger partial charge in [-0.05, 0) is 86.0 Å². The summed E-state index contributed by atoms with van der Waals surface area (Å²) in [7, 11) is 0. The lowest BCUT2D eigenvalue weighted by molar-refractivity contribution is -0.129. The van der Waals surface area contributed by atoms with Crippen molar-refractivity contribution in [3.05, 3.63) is 11.3 Å². The van der Waals surface area contributed by atoms with Gasteiger partial charge < -0.3 is 5.32 Å². The van der Waals surface area contributed by atoms with Crippen molar-refractivity contribution in [2.24, 2.45) is 34.5 Å². The van der Waals surface area contributed by atoms with Crippen molar-refractivity contribution in [1.29, 1.82) is 0 Å². The molecule has 0 aromatic heterocycles. The van der Waals surface area contributed by atoms with E-state index in [1.165, 1.54) is 18.9 Å². The first kappa shape index (κ1) is 18.9. The zero-order valence-corrected chi connectivity index (χ0v) is 17.2. The van der Waals surface area contributed by atoms with Crippen molar-refractivity contribution in [2.45, 2.75) is 79.1 Å². The van der Waals surface area contributed by atoms with Gasteiger partial charge in [-0.1, -0.05) is 13.8 Å². The van der Waals surface area contributed by atoms with Crippen LogP contribution in [0.2, 0.25) is 0 Å². The van der Waals surface area contributed by atoms with Crippen LogP contribution in [-0.4, -0.2) is 17.5 Å². The molecule has 4 aliphatic carbocycles. The number of nitrogens with one attached hydrogen (secondary N) is 1. The average Bonchev–Trinajstić information content (AvgIpc) is 2.95. The van der Waals surface area contributed by atoms with Gasteiger partial charge in [0.2, 0.25) is 5.91 Å². The van der Waals surface area contributed by atoms with E-state index in [-0.39, 0.29) is 28.4 Å². The van der Waals surface area contributed by atoms with Crippen molar-refractivity contribution in [1.82, 2.24) is 5.32 Å². The fourth-order valence-corrected chi connectivity index (χ4v) is 7.70. The second kappa shape index (κ2) is 6.28. The number of hydrogen-bond acceptors (Lipinski definition) is 3. The number of hydrogen-bond donors (Lipinski definition) is 1. The summed E-state index contributed by atoms with van der Waals surface area (Å²) in [6, 6.07) is 0. The topological polar surface area (TPSA) is 63.2 Å². The summed E-state index contributed by atoms with van der Waals surface area (Å²) in [5.74, 6) is 2.41. The van der Waals surface area contributed by atoms with Crippen LogP contribution in [0.4, 0.5) is 0 Å². The standard InChI is InChI=1S/C23H33NO3/c1-13(25)16-7-8-17-15-5-6-19-21(24-14(2)26)20(27)10-12-23(19,4)18(15)9-11-22(16,17)3/h15-18H,5-12H2,1-4H3,(H,24,26)/t15-,16+,17-,18-,22+,23+/m0/s1. The molecule has 4 nitrogen and oxygen atoms in total. The Kier molecular flexibility index (Phi) is 4.40. The first-order chi connectivity index (χ1) is 12.7. The number of fused-ring (bicyclic) bond motifs is 5. The van der Waals surface area contributed by atoms with Crippen LogP contribution in [0.15, 0.2) is 11.3 Å². The van der Waals surface area contributed by atoms with Gasteiger partial charge in [-0.3, -0.25) is 14.4 Å². The molecule has 0 saturated heterocycles. The monoisotopic (exact) mass is 371 g/mol. The third-order valence-electron chi connectivity index (χ3n) is 8.92. The first-order valence-electron chi connectivity index (χ1n) is 10.7. The molecule has 0 aromatic carbocycles. The van der Waals surface area contributed by atoms with Gasteiger partial charge in [-0.15, -0.1) is 0 Å². The van der Waals surface area contributed by atoms with Crippen molar-refractivity contribution in [3.8, 4) is 0 Å². The van der Waals surface area contributed by atoms with Crippen molar-refractivity contribution in [3.63, 3.8) is 0 Å². The van der Waals surface area contributed by atoms with E-state index in [4.69, 9.17) is 0 Å². The summed E-state index contributed by atoms with van der Waals surface area (Å²) in [5.41, 5.74) is 2.00. The van der Waals surface area contributed by atoms with E-state index in [1.807, 2.05) is 0 Å². The smallest absolute Gasteiger partial charge is 0.221 e. The molecule has 1 N–H and O–H groups in total. The van der Waals surface area contributed by atoms with E-state index < -0.39 is 0 Å². The van der Waals surface area contributed by atoms with Gasteiger partial charge >= 0.3 is 0 Å². The molecule has 148 valence electrons. The second-order valence-electron chi connectivity index (χ2n) is 10.1. The number of rotatable bonds is 2. The molecule has 3 fully saturated rings. The summed E-state index contributed by atoms with van der Waals surface area (Å²) in [6.07, 6.45) is 7.94. The van der Waals surface area contributed by atoms with Gasteiger partial charge in [0.05, 0.1) is 5.70 Å². The van der Waals surface area contributed by atoms with E-state index in [1.54, 1.807) is 6.92 Å².